The Morgan fingerprint density at radius 2 is 0.895 bits per heavy atom. The summed E-state index contributed by atoms with van der Waals surface area (Å²) >= 11 is 0. The zero-order valence-electron chi connectivity index (χ0n) is 30.6. The Hall–Kier alpha value is -2.80. The summed E-state index contributed by atoms with van der Waals surface area (Å²) in [5.41, 5.74) is 0. The normalized spacial score (nSPS) is 35.7. The highest BCUT2D eigenvalue weighted by atomic mass is 16.7. The maximum Gasteiger partial charge on any atom is 0.328 e. The summed E-state index contributed by atoms with van der Waals surface area (Å²) in [5, 5.41) is 129. The summed E-state index contributed by atoms with van der Waals surface area (Å²) in [6.07, 6.45) is -26.0. The molecule has 0 bridgehead atoms. The fourth-order valence-electron chi connectivity index (χ4n) is 6.02. The molecule has 3 aliphatic heterocycles. The summed E-state index contributed by atoms with van der Waals surface area (Å²) in [6, 6.07) is 0. The Morgan fingerprint density at radius 3 is 1.32 bits per heavy atom. The second kappa shape index (κ2) is 23.1. The topological polar surface area (TPSA) is 393 Å². The van der Waals surface area contributed by atoms with Gasteiger partial charge in [-0.15, -0.1) is 0 Å². The van der Waals surface area contributed by atoms with Crippen molar-refractivity contribution in [3.05, 3.63) is 0 Å². The van der Waals surface area contributed by atoms with Crippen molar-refractivity contribution in [1.82, 2.24) is 9.80 Å². The van der Waals surface area contributed by atoms with E-state index in [0.29, 0.717) is 0 Å². The summed E-state index contributed by atoms with van der Waals surface area (Å²) < 4.78 is 31.8. The Balaban J connectivity index is 1.77. The first-order valence-corrected chi connectivity index (χ1v) is 18.1. The fourth-order valence-corrected chi connectivity index (χ4v) is 6.02. The summed E-state index contributed by atoms with van der Waals surface area (Å²) in [5.74, 6) is -4.17. The summed E-state index contributed by atoms with van der Waals surface area (Å²) in [6.45, 7) is -5.97. The van der Waals surface area contributed by atoms with Gasteiger partial charge in [0.2, 0.25) is 18.1 Å². The lowest BCUT2D eigenvalue weighted by atomic mass is 9.99. The molecule has 15 atom stereocenters. The lowest BCUT2D eigenvalue weighted by Crippen LogP contribution is -2.60. The van der Waals surface area contributed by atoms with Gasteiger partial charge in [-0.25, -0.2) is 0 Å². The molecular formula is C32H54N2O23. The van der Waals surface area contributed by atoms with Gasteiger partial charge in [0.15, 0.2) is 12.6 Å². The van der Waals surface area contributed by atoms with Gasteiger partial charge >= 0.3 is 11.9 Å². The molecule has 3 aliphatic rings. The number of hydrogen-bond acceptors (Lipinski definition) is 22. The molecule has 57 heavy (non-hydrogen) atoms. The third kappa shape index (κ3) is 13.4. The quantitative estimate of drug-likeness (QED) is 0.0377. The smallest absolute Gasteiger partial charge is 0.328 e. The predicted octanol–water partition coefficient (Wildman–Crippen LogP) is -8.74. The molecule has 0 radical (unpaired) electrons. The molecule has 0 aliphatic carbocycles. The molecule has 25 heteroatoms. The van der Waals surface area contributed by atoms with Crippen LogP contribution in [-0.4, -0.2) is 251 Å². The van der Waals surface area contributed by atoms with Crippen LogP contribution in [0.25, 0.3) is 0 Å². The van der Waals surface area contributed by atoms with E-state index in [1.165, 1.54) is 0 Å². The SMILES string of the molecule is O=C(O)CCCCC(=O)N(CC(=O)O[C@H]1O[C@H](CO)[C@@H](O)[C@H](O)[C@@H]1O)CC(=O)N(CCO[C@H]1O[C@H](CO)[C@@H](O)[C@H](O)[C@@H]1O)CCO[C@H]1O[C@H](CO)[C@@H](O)[C@H](O)[C@@H]1O. The molecule has 0 aromatic heterocycles. The summed E-state index contributed by atoms with van der Waals surface area (Å²) in [7, 11) is 0. The molecule has 0 aromatic rings. The number of aliphatic carboxylic acids is 1. The number of nitrogens with zero attached hydrogens (tertiary/aromatic N) is 2. The summed E-state index contributed by atoms with van der Waals surface area (Å²) in [4.78, 5) is 52.9. The van der Waals surface area contributed by atoms with E-state index >= 15 is 0 Å². The minimum absolute atomic E-state index is 0.0151. The van der Waals surface area contributed by atoms with Crippen LogP contribution in [0.15, 0.2) is 0 Å². The first-order chi connectivity index (χ1) is 26.9. The number of carbonyl (C=O) groups is 4. The Labute approximate surface area is 324 Å². The van der Waals surface area contributed by atoms with E-state index < -0.39 is 175 Å². The van der Waals surface area contributed by atoms with E-state index in [1.54, 1.807) is 0 Å². The van der Waals surface area contributed by atoms with Crippen LogP contribution in [0.2, 0.25) is 0 Å². The number of aliphatic hydroxyl groups is 12. The third-order valence-electron chi connectivity index (χ3n) is 9.46. The number of rotatable bonds is 21. The van der Waals surface area contributed by atoms with Gasteiger partial charge in [-0.2, -0.15) is 0 Å². The van der Waals surface area contributed by atoms with Crippen molar-refractivity contribution in [3.63, 3.8) is 0 Å². The van der Waals surface area contributed by atoms with Crippen molar-refractivity contribution in [1.29, 1.82) is 0 Å². The van der Waals surface area contributed by atoms with Crippen LogP contribution >= 0.6 is 0 Å². The maximum atomic E-state index is 13.8. The largest absolute Gasteiger partial charge is 0.481 e. The van der Waals surface area contributed by atoms with E-state index in [4.69, 9.17) is 33.5 Å². The van der Waals surface area contributed by atoms with Gasteiger partial charge in [0, 0.05) is 25.9 Å². The Bertz CT molecular complexity index is 1230. The van der Waals surface area contributed by atoms with Gasteiger partial charge in [0.05, 0.1) is 33.0 Å². The van der Waals surface area contributed by atoms with Gasteiger partial charge in [-0.1, -0.05) is 0 Å². The van der Waals surface area contributed by atoms with E-state index in [1.807, 2.05) is 0 Å². The fraction of sp³-hybridized carbons (Fsp3) is 0.875. The Morgan fingerprint density at radius 1 is 0.491 bits per heavy atom. The van der Waals surface area contributed by atoms with Crippen LogP contribution in [0.5, 0.6) is 0 Å². The second-order valence-electron chi connectivity index (χ2n) is 13.6. The van der Waals surface area contributed by atoms with Crippen molar-refractivity contribution in [2.24, 2.45) is 0 Å². The molecule has 2 amide bonds. The van der Waals surface area contributed by atoms with Crippen molar-refractivity contribution in [2.45, 2.75) is 118 Å². The number of amides is 2. The number of carboxylic acids is 1. The molecular weight excluding hydrogens is 780 g/mol. The number of ether oxygens (including phenoxy) is 6. The first-order valence-electron chi connectivity index (χ1n) is 18.1. The number of hydrogen-bond donors (Lipinski definition) is 13. The van der Waals surface area contributed by atoms with Crippen molar-refractivity contribution >= 4 is 23.8 Å². The van der Waals surface area contributed by atoms with Crippen LogP contribution in [0.4, 0.5) is 0 Å². The number of unbranched alkanes of at least 4 members (excludes halogenated alkanes) is 1. The number of carbonyl (C=O) groups excluding carboxylic acids is 3. The minimum atomic E-state index is -1.99. The monoisotopic (exact) mass is 834 g/mol. The van der Waals surface area contributed by atoms with E-state index in [0.717, 1.165) is 9.80 Å². The molecule has 25 nitrogen and oxygen atoms in total. The second-order valence-corrected chi connectivity index (χ2v) is 13.6. The molecule has 3 heterocycles. The molecule has 0 spiro atoms. The van der Waals surface area contributed by atoms with Gasteiger partial charge in [-0.05, 0) is 12.8 Å². The Kier molecular flexibility index (Phi) is 19.7. The van der Waals surface area contributed by atoms with Crippen LogP contribution in [0, 0.1) is 0 Å². The average molecular weight is 835 g/mol. The molecule has 3 rings (SSSR count). The van der Waals surface area contributed by atoms with E-state index in [2.05, 4.69) is 0 Å². The molecule has 0 unspecified atom stereocenters. The standard InChI is InChI=1S/C32H54N2O23/c35-11-14-21(43)24(46)27(49)30(54-14)52-7-5-33(6-8-53-31-28(50)25(47)22(44)15(12-36)55-31)18(39)9-34(17(38)3-1-2-4-19(40)41)10-20(42)57-32-29(51)26(48)23(45)16(13-37)56-32/h14-16,21-32,35-37,43-51H,1-13H2,(H,40,41)/t14-,15-,16-,21-,22-,23-,24+,25+,26+,27+,28+,29+,30+,31+,32-/m1/s1. The molecule has 0 aromatic carbocycles. The third-order valence-corrected chi connectivity index (χ3v) is 9.46. The van der Waals surface area contributed by atoms with Crippen LogP contribution < -0.4 is 0 Å². The zero-order chi connectivity index (χ0) is 42.6. The minimum Gasteiger partial charge on any atom is -0.481 e. The van der Waals surface area contributed by atoms with Crippen LogP contribution in [0.3, 0.4) is 0 Å². The molecule has 13 N–H and O–H groups in total. The lowest BCUT2D eigenvalue weighted by molar-refractivity contribution is -0.303. The van der Waals surface area contributed by atoms with Crippen molar-refractivity contribution in [3.8, 4) is 0 Å². The average Bonchev–Trinajstić information content (AvgIpc) is 3.18. The van der Waals surface area contributed by atoms with Crippen LogP contribution in [0.1, 0.15) is 25.7 Å². The predicted molar refractivity (Wildman–Crippen MR) is 179 cm³/mol. The van der Waals surface area contributed by atoms with Crippen molar-refractivity contribution in [2.75, 3.05) is 59.2 Å². The zero-order valence-corrected chi connectivity index (χ0v) is 30.6. The highest BCUT2D eigenvalue weighted by molar-refractivity contribution is 5.87. The van der Waals surface area contributed by atoms with Crippen LogP contribution in [-0.2, 0) is 47.6 Å². The maximum absolute atomic E-state index is 13.8. The van der Waals surface area contributed by atoms with Gasteiger partial charge in [0.25, 0.3) is 0 Å². The molecule has 3 fully saturated rings. The van der Waals surface area contributed by atoms with E-state index in [9.17, 15) is 80.5 Å². The van der Waals surface area contributed by atoms with Crippen molar-refractivity contribution < 1.29 is 114 Å². The number of carboxylic acid groups (broad SMARTS) is 1. The highest BCUT2D eigenvalue weighted by Crippen LogP contribution is 2.24. The lowest BCUT2D eigenvalue weighted by Gasteiger charge is -2.40. The highest BCUT2D eigenvalue weighted by Gasteiger charge is 2.47. The van der Waals surface area contributed by atoms with E-state index in [-0.39, 0.29) is 25.7 Å². The number of aliphatic hydroxyl groups excluding tert-OH is 12. The van der Waals surface area contributed by atoms with Gasteiger partial charge in [0.1, 0.15) is 86.3 Å². The molecule has 0 saturated carbocycles. The van der Waals surface area contributed by atoms with Gasteiger partial charge in [-0.3, -0.25) is 19.2 Å². The first kappa shape index (κ1) is 48.6. The van der Waals surface area contributed by atoms with Gasteiger partial charge < -0.3 is 105 Å². The number of esters is 1. The molecule has 330 valence electrons. The molecule has 3 saturated heterocycles.